The Hall–Kier alpha value is -3.93. The van der Waals surface area contributed by atoms with Gasteiger partial charge in [-0.2, -0.15) is 0 Å². The van der Waals surface area contributed by atoms with Crippen molar-refractivity contribution in [3.05, 3.63) is 94.5 Å². The number of carbonyl (C=O) groups excluding carboxylic acids is 3. The topological polar surface area (TPSA) is 75.7 Å². The van der Waals surface area contributed by atoms with E-state index in [0.717, 1.165) is 11.1 Å². The van der Waals surface area contributed by atoms with Crippen LogP contribution in [0.15, 0.2) is 66.7 Å². The smallest absolute Gasteiger partial charge is 0.261 e. The van der Waals surface area contributed by atoms with Gasteiger partial charge in [0.2, 0.25) is 0 Å². The molecule has 0 bridgehead atoms. The number of nitrogens with zero attached hydrogens (tertiary/aromatic N) is 1. The van der Waals surface area contributed by atoms with E-state index in [-0.39, 0.29) is 24.3 Å². The Bertz CT molecular complexity index is 1120. The number of carbonyl (C=O) groups is 3. The largest absolute Gasteiger partial charge is 0.495 e. The minimum Gasteiger partial charge on any atom is -0.495 e. The van der Waals surface area contributed by atoms with Gasteiger partial charge in [0, 0.05) is 5.56 Å². The third-order valence-electron chi connectivity index (χ3n) is 5.04. The fraction of sp³-hybridized carbons (Fsp3) is 0.125. The van der Waals surface area contributed by atoms with Crippen LogP contribution in [0.3, 0.4) is 0 Å². The summed E-state index contributed by atoms with van der Waals surface area (Å²) in [6, 6.07) is 19.2. The van der Waals surface area contributed by atoms with Gasteiger partial charge in [0.1, 0.15) is 5.75 Å². The average Bonchev–Trinajstić information content (AvgIpc) is 2.99. The summed E-state index contributed by atoms with van der Waals surface area (Å²) in [5.41, 5.74) is 3.66. The van der Waals surface area contributed by atoms with Crippen LogP contribution in [0.5, 0.6) is 5.75 Å². The van der Waals surface area contributed by atoms with E-state index in [4.69, 9.17) is 4.74 Å². The summed E-state index contributed by atoms with van der Waals surface area (Å²) < 4.78 is 5.29. The number of hydrogen-bond donors (Lipinski definition) is 1. The minimum atomic E-state index is -0.302. The second-order valence-corrected chi connectivity index (χ2v) is 7.10. The van der Waals surface area contributed by atoms with Crippen molar-refractivity contribution >= 4 is 23.4 Å². The lowest BCUT2D eigenvalue weighted by Gasteiger charge is -2.14. The van der Waals surface area contributed by atoms with Gasteiger partial charge < -0.3 is 10.1 Å². The summed E-state index contributed by atoms with van der Waals surface area (Å²) in [7, 11) is 1.55. The van der Waals surface area contributed by atoms with Crippen molar-refractivity contribution < 1.29 is 19.1 Å². The number of benzene rings is 3. The Morgan fingerprint density at radius 2 is 1.57 bits per heavy atom. The van der Waals surface area contributed by atoms with Gasteiger partial charge in [-0.25, -0.2) is 0 Å². The first-order valence-electron chi connectivity index (χ1n) is 9.48. The van der Waals surface area contributed by atoms with Gasteiger partial charge in [0.15, 0.2) is 0 Å². The molecule has 0 spiro atoms. The van der Waals surface area contributed by atoms with Crippen LogP contribution in [0.1, 0.15) is 42.2 Å². The van der Waals surface area contributed by atoms with E-state index >= 15 is 0 Å². The van der Waals surface area contributed by atoms with Gasteiger partial charge in [0.05, 0.1) is 30.5 Å². The van der Waals surface area contributed by atoms with Crippen molar-refractivity contribution in [2.24, 2.45) is 0 Å². The van der Waals surface area contributed by atoms with Crippen molar-refractivity contribution in [2.75, 3.05) is 12.4 Å². The Morgan fingerprint density at radius 3 is 2.17 bits per heavy atom. The van der Waals surface area contributed by atoms with Crippen LogP contribution in [-0.4, -0.2) is 29.7 Å². The van der Waals surface area contributed by atoms with Crippen LogP contribution in [-0.2, 0) is 6.54 Å². The predicted molar refractivity (Wildman–Crippen MR) is 113 cm³/mol. The molecule has 1 heterocycles. The molecule has 0 fully saturated rings. The lowest BCUT2D eigenvalue weighted by atomic mass is 10.1. The fourth-order valence-electron chi connectivity index (χ4n) is 3.44. The Morgan fingerprint density at radius 1 is 0.933 bits per heavy atom. The van der Waals surface area contributed by atoms with Crippen LogP contribution >= 0.6 is 0 Å². The number of nitrogens with one attached hydrogen (secondary N) is 1. The molecule has 1 aliphatic rings. The first-order chi connectivity index (χ1) is 14.5. The third-order valence-corrected chi connectivity index (χ3v) is 5.04. The molecule has 0 radical (unpaired) electrons. The number of amides is 3. The molecule has 1 aliphatic heterocycles. The molecule has 6 heteroatoms. The van der Waals surface area contributed by atoms with Crippen LogP contribution in [0.4, 0.5) is 5.69 Å². The molecule has 0 aromatic heterocycles. The minimum absolute atomic E-state index is 0.153. The second-order valence-electron chi connectivity index (χ2n) is 7.10. The van der Waals surface area contributed by atoms with Crippen LogP contribution in [0, 0.1) is 6.92 Å². The van der Waals surface area contributed by atoms with E-state index in [1.54, 1.807) is 61.7 Å². The number of anilines is 1. The number of methoxy groups -OCH3 is 1. The first-order valence-corrected chi connectivity index (χ1v) is 9.48. The summed E-state index contributed by atoms with van der Waals surface area (Å²) >= 11 is 0. The Balaban J connectivity index is 1.47. The maximum Gasteiger partial charge on any atom is 0.261 e. The lowest BCUT2D eigenvalue weighted by Crippen LogP contribution is -2.29. The molecule has 150 valence electrons. The molecule has 30 heavy (non-hydrogen) atoms. The van der Waals surface area contributed by atoms with Crippen molar-refractivity contribution in [3.63, 3.8) is 0 Å². The van der Waals surface area contributed by atoms with Gasteiger partial charge in [-0.3, -0.25) is 19.3 Å². The molecular formula is C24H20N2O4. The SMILES string of the molecule is COc1ccc(C)cc1NC(=O)c1ccc(CN2C(=O)c3ccccc3C2=O)cc1. The second kappa shape index (κ2) is 7.83. The van der Waals surface area contributed by atoms with E-state index in [2.05, 4.69) is 5.32 Å². The molecule has 6 nitrogen and oxygen atoms in total. The average molecular weight is 400 g/mol. The lowest BCUT2D eigenvalue weighted by molar-refractivity contribution is 0.0642. The number of rotatable bonds is 5. The van der Waals surface area contributed by atoms with Gasteiger partial charge in [0.25, 0.3) is 17.7 Å². The maximum absolute atomic E-state index is 12.6. The highest BCUT2D eigenvalue weighted by Crippen LogP contribution is 2.26. The molecule has 0 aliphatic carbocycles. The number of aryl methyl sites for hydroxylation is 1. The van der Waals surface area contributed by atoms with E-state index in [1.807, 2.05) is 19.1 Å². The zero-order valence-electron chi connectivity index (χ0n) is 16.6. The van der Waals surface area contributed by atoms with Crippen molar-refractivity contribution in [3.8, 4) is 5.75 Å². The predicted octanol–water partition coefficient (Wildman–Crippen LogP) is 4.05. The molecule has 0 saturated carbocycles. The quantitative estimate of drug-likeness (QED) is 0.656. The normalized spacial score (nSPS) is 12.7. The molecule has 3 amide bonds. The first kappa shape index (κ1) is 19.4. The van der Waals surface area contributed by atoms with E-state index in [9.17, 15) is 14.4 Å². The van der Waals surface area contributed by atoms with Gasteiger partial charge in [-0.15, -0.1) is 0 Å². The highest BCUT2D eigenvalue weighted by Gasteiger charge is 2.34. The molecule has 3 aromatic carbocycles. The molecular weight excluding hydrogens is 380 g/mol. The molecule has 4 rings (SSSR count). The number of hydrogen-bond acceptors (Lipinski definition) is 4. The summed E-state index contributed by atoms with van der Waals surface area (Å²) in [5.74, 6) is -0.296. The van der Waals surface area contributed by atoms with Crippen molar-refractivity contribution in [2.45, 2.75) is 13.5 Å². The van der Waals surface area contributed by atoms with Crippen LogP contribution < -0.4 is 10.1 Å². The molecule has 0 unspecified atom stereocenters. The zero-order chi connectivity index (χ0) is 21.3. The molecule has 3 aromatic rings. The van der Waals surface area contributed by atoms with Crippen LogP contribution in [0.2, 0.25) is 0 Å². The number of imide groups is 1. The summed E-state index contributed by atoms with van der Waals surface area (Å²) in [6.07, 6.45) is 0. The van der Waals surface area contributed by atoms with E-state index < -0.39 is 0 Å². The van der Waals surface area contributed by atoms with Crippen molar-refractivity contribution in [1.82, 2.24) is 4.90 Å². The van der Waals surface area contributed by atoms with Gasteiger partial charge in [-0.05, 0) is 54.4 Å². The Labute approximate surface area is 174 Å². The summed E-state index contributed by atoms with van der Waals surface area (Å²) in [5, 5.41) is 2.85. The monoisotopic (exact) mass is 400 g/mol. The van der Waals surface area contributed by atoms with E-state index in [1.165, 1.54) is 4.90 Å². The summed E-state index contributed by atoms with van der Waals surface area (Å²) in [4.78, 5) is 38.9. The number of fused-ring (bicyclic) bond motifs is 1. The van der Waals surface area contributed by atoms with Gasteiger partial charge >= 0.3 is 0 Å². The molecule has 0 atom stereocenters. The summed E-state index contributed by atoms with van der Waals surface area (Å²) in [6.45, 7) is 2.09. The van der Waals surface area contributed by atoms with Crippen molar-refractivity contribution in [1.29, 1.82) is 0 Å². The van der Waals surface area contributed by atoms with Gasteiger partial charge in [-0.1, -0.05) is 30.3 Å². The highest BCUT2D eigenvalue weighted by atomic mass is 16.5. The number of ether oxygens (including phenoxy) is 1. The Kier molecular flexibility index (Phi) is 5.06. The maximum atomic E-state index is 12.6. The highest BCUT2D eigenvalue weighted by molar-refractivity contribution is 6.21. The molecule has 0 saturated heterocycles. The third kappa shape index (κ3) is 3.55. The molecule has 1 N–H and O–H groups in total. The standard InChI is InChI=1S/C24H20N2O4/c1-15-7-12-21(30-2)20(13-15)25-22(27)17-10-8-16(9-11-17)14-26-23(28)18-5-3-4-6-19(18)24(26)29/h3-13H,14H2,1-2H3,(H,25,27). The zero-order valence-corrected chi connectivity index (χ0v) is 16.6. The fourth-order valence-corrected chi connectivity index (χ4v) is 3.44. The van der Waals surface area contributed by atoms with E-state index in [0.29, 0.717) is 28.1 Å². The van der Waals surface area contributed by atoms with Crippen LogP contribution in [0.25, 0.3) is 0 Å².